The molecule has 6 heteroatoms. The average molecular weight is 298 g/mol. The third-order valence-electron chi connectivity index (χ3n) is 3.59. The highest BCUT2D eigenvalue weighted by Gasteiger charge is 2.18. The predicted molar refractivity (Wildman–Crippen MR) is 82.4 cm³/mol. The zero-order valence-corrected chi connectivity index (χ0v) is 12.3. The summed E-state index contributed by atoms with van der Waals surface area (Å²) >= 11 is 6.45. The first-order chi connectivity index (χ1) is 10.1. The normalized spacial score (nSPS) is 11.6. The summed E-state index contributed by atoms with van der Waals surface area (Å²) in [4.78, 5) is 13.6. The molecule has 0 N–H and O–H groups in total. The molecule has 0 aromatic carbocycles. The Kier molecular flexibility index (Phi) is 2.53. The summed E-state index contributed by atoms with van der Waals surface area (Å²) in [6.07, 6.45) is 3.72. The van der Waals surface area contributed by atoms with E-state index >= 15 is 0 Å². The van der Waals surface area contributed by atoms with E-state index in [1.54, 1.807) is 0 Å². The molecule has 0 radical (unpaired) electrons. The average Bonchev–Trinajstić information content (AvgIpc) is 2.97. The number of hydrogen-bond acceptors (Lipinski definition) is 3. The van der Waals surface area contributed by atoms with Crippen LogP contribution in [0.4, 0.5) is 0 Å². The Bertz CT molecular complexity index is 982. The molecule has 0 saturated heterocycles. The maximum atomic E-state index is 6.45. The molecular weight excluding hydrogens is 286 g/mol. The van der Waals surface area contributed by atoms with Gasteiger partial charge in [-0.3, -0.25) is 9.38 Å². The Labute approximate surface area is 125 Å². The summed E-state index contributed by atoms with van der Waals surface area (Å²) in [5.41, 5.74) is 4.28. The van der Waals surface area contributed by atoms with Crippen LogP contribution >= 0.6 is 11.6 Å². The van der Waals surface area contributed by atoms with E-state index in [4.69, 9.17) is 11.6 Å². The molecule has 0 amide bonds. The highest BCUT2D eigenvalue weighted by molar-refractivity contribution is 6.32. The van der Waals surface area contributed by atoms with Crippen LogP contribution in [0.15, 0.2) is 36.7 Å². The van der Waals surface area contributed by atoms with Gasteiger partial charge in [0.15, 0.2) is 5.82 Å². The first-order valence-corrected chi connectivity index (χ1v) is 6.95. The first kappa shape index (κ1) is 12.3. The van der Waals surface area contributed by atoms with Gasteiger partial charge >= 0.3 is 0 Å². The van der Waals surface area contributed by atoms with Crippen LogP contribution in [0.25, 0.3) is 28.2 Å². The van der Waals surface area contributed by atoms with E-state index in [1.165, 1.54) is 0 Å². The van der Waals surface area contributed by atoms with Crippen molar-refractivity contribution < 1.29 is 0 Å². The van der Waals surface area contributed by atoms with Crippen LogP contribution in [-0.2, 0) is 7.05 Å². The molecule has 0 fully saturated rings. The van der Waals surface area contributed by atoms with Gasteiger partial charge in [0.05, 0.1) is 17.2 Å². The zero-order valence-electron chi connectivity index (χ0n) is 11.6. The maximum Gasteiger partial charge on any atom is 0.162 e. The van der Waals surface area contributed by atoms with Crippen molar-refractivity contribution in [3.8, 4) is 11.5 Å². The highest BCUT2D eigenvalue weighted by Crippen LogP contribution is 2.29. The van der Waals surface area contributed by atoms with Crippen molar-refractivity contribution >= 4 is 28.3 Å². The fraction of sp³-hybridized carbons (Fsp3) is 0.133. The number of imidazole rings is 2. The van der Waals surface area contributed by atoms with Crippen molar-refractivity contribution in [1.29, 1.82) is 0 Å². The Hall–Kier alpha value is -2.40. The monoisotopic (exact) mass is 297 g/mol. The van der Waals surface area contributed by atoms with Gasteiger partial charge in [0.1, 0.15) is 16.5 Å². The number of aromatic nitrogens is 5. The van der Waals surface area contributed by atoms with E-state index in [2.05, 4.69) is 15.0 Å². The molecule has 0 aliphatic rings. The van der Waals surface area contributed by atoms with E-state index < -0.39 is 0 Å². The first-order valence-electron chi connectivity index (χ1n) is 6.57. The number of aryl methyl sites for hydroxylation is 2. The molecule has 0 aliphatic heterocycles. The van der Waals surface area contributed by atoms with Crippen molar-refractivity contribution in [3.05, 3.63) is 47.5 Å². The number of nitrogens with zero attached hydrogens (tertiary/aromatic N) is 5. The summed E-state index contributed by atoms with van der Waals surface area (Å²) in [6.45, 7) is 1.95. The van der Waals surface area contributed by atoms with Gasteiger partial charge in [-0.15, -0.1) is 0 Å². The van der Waals surface area contributed by atoms with Gasteiger partial charge in [-0.25, -0.2) is 9.97 Å². The van der Waals surface area contributed by atoms with Crippen LogP contribution < -0.4 is 0 Å². The van der Waals surface area contributed by atoms with Gasteiger partial charge < -0.3 is 4.57 Å². The van der Waals surface area contributed by atoms with E-state index in [9.17, 15) is 0 Å². The largest absolute Gasteiger partial charge is 0.324 e. The molecule has 104 valence electrons. The van der Waals surface area contributed by atoms with Crippen LogP contribution in [0.1, 0.15) is 5.69 Å². The number of pyridine rings is 2. The lowest BCUT2D eigenvalue weighted by Gasteiger charge is -1.99. The van der Waals surface area contributed by atoms with Crippen LogP contribution in [0.2, 0.25) is 5.15 Å². The van der Waals surface area contributed by atoms with Gasteiger partial charge in [0.25, 0.3) is 0 Å². The topological polar surface area (TPSA) is 48.0 Å². The lowest BCUT2D eigenvalue weighted by molar-refractivity contribution is 0.950. The SMILES string of the molecule is Cc1cc2nc(-c3nc4ccccn4c3Cl)n(C)c2cn1. The van der Waals surface area contributed by atoms with E-state index in [0.717, 1.165) is 28.2 Å². The van der Waals surface area contributed by atoms with Crippen molar-refractivity contribution in [2.45, 2.75) is 6.92 Å². The van der Waals surface area contributed by atoms with Crippen molar-refractivity contribution in [2.24, 2.45) is 7.05 Å². The molecule has 0 aliphatic carbocycles. The van der Waals surface area contributed by atoms with E-state index in [1.807, 2.05) is 59.6 Å². The quantitative estimate of drug-likeness (QED) is 0.542. The third kappa shape index (κ3) is 1.74. The number of hydrogen-bond donors (Lipinski definition) is 0. The van der Waals surface area contributed by atoms with Crippen LogP contribution in [-0.4, -0.2) is 23.9 Å². The van der Waals surface area contributed by atoms with Crippen LogP contribution in [0, 0.1) is 6.92 Å². The summed E-state index contributed by atoms with van der Waals surface area (Å²) in [5, 5.41) is 0.564. The van der Waals surface area contributed by atoms with Gasteiger partial charge in [-0.05, 0) is 25.1 Å². The summed E-state index contributed by atoms with van der Waals surface area (Å²) in [7, 11) is 1.95. The van der Waals surface area contributed by atoms with Gasteiger partial charge in [0, 0.05) is 18.9 Å². The lowest BCUT2D eigenvalue weighted by atomic mass is 10.3. The molecule has 5 nitrogen and oxygen atoms in total. The molecule has 0 bridgehead atoms. The van der Waals surface area contributed by atoms with Crippen LogP contribution in [0.5, 0.6) is 0 Å². The number of halogens is 1. The fourth-order valence-electron chi connectivity index (χ4n) is 2.51. The Morgan fingerprint density at radius 3 is 2.86 bits per heavy atom. The molecule has 4 rings (SSSR count). The molecule has 21 heavy (non-hydrogen) atoms. The minimum atomic E-state index is 0.564. The second kappa shape index (κ2) is 4.30. The van der Waals surface area contributed by atoms with Crippen molar-refractivity contribution in [2.75, 3.05) is 0 Å². The standard InChI is InChI=1S/C15H12ClN5/c1-9-7-10-11(8-17-9)20(2)15(18-10)13-14(16)21-6-4-3-5-12(21)19-13/h3-8H,1-2H3. The number of fused-ring (bicyclic) bond motifs is 2. The minimum absolute atomic E-state index is 0.564. The molecule has 0 saturated carbocycles. The molecule has 0 atom stereocenters. The predicted octanol–water partition coefficient (Wildman–Crippen LogP) is 3.24. The summed E-state index contributed by atoms with van der Waals surface area (Å²) < 4.78 is 3.81. The Morgan fingerprint density at radius 1 is 1.19 bits per heavy atom. The molecular formula is C15H12ClN5. The number of rotatable bonds is 1. The highest BCUT2D eigenvalue weighted by atomic mass is 35.5. The second-order valence-corrected chi connectivity index (χ2v) is 5.35. The second-order valence-electron chi connectivity index (χ2n) is 4.99. The van der Waals surface area contributed by atoms with Crippen LogP contribution in [0.3, 0.4) is 0 Å². The molecule has 4 heterocycles. The Morgan fingerprint density at radius 2 is 2.05 bits per heavy atom. The lowest BCUT2D eigenvalue weighted by Crippen LogP contribution is -1.93. The minimum Gasteiger partial charge on any atom is -0.324 e. The van der Waals surface area contributed by atoms with Crippen molar-refractivity contribution in [1.82, 2.24) is 23.9 Å². The van der Waals surface area contributed by atoms with E-state index in [0.29, 0.717) is 10.8 Å². The van der Waals surface area contributed by atoms with E-state index in [-0.39, 0.29) is 0 Å². The molecule has 4 aromatic heterocycles. The van der Waals surface area contributed by atoms with Gasteiger partial charge in [-0.2, -0.15) is 0 Å². The van der Waals surface area contributed by atoms with Gasteiger partial charge in [0.2, 0.25) is 0 Å². The van der Waals surface area contributed by atoms with Crippen molar-refractivity contribution in [3.63, 3.8) is 0 Å². The third-order valence-corrected chi connectivity index (χ3v) is 3.95. The fourth-order valence-corrected chi connectivity index (χ4v) is 2.78. The molecule has 0 unspecified atom stereocenters. The maximum absolute atomic E-state index is 6.45. The smallest absolute Gasteiger partial charge is 0.162 e. The summed E-state index contributed by atoms with van der Waals surface area (Å²) in [6, 6.07) is 7.74. The molecule has 4 aromatic rings. The Balaban J connectivity index is 2.04. The molecule has 0 spiro atoms. The van der Waals surface area contributed by atoms with Gasteiger partial charge in [-0.1, -0.05) is 17.7 Å². The summed E-state index contributed by atoms with van der Waals surface area (Å²) in [5.74, 6) is 0.742. The zero-order chi connectivity index (χ0) is 14.6.